The van der Waals surface area contributed by atoms with E-state index in [0.717, 1.165) is 97.8 Å². The molecule has 0 amide bonds. The lowest BCUT2D eigenvalue weighted by Gasteiger charge is -2.33. The molecule has 0 radical (unpaired) electrons. The molecule has 0 bridgehead atoms. The van der Waals surface area contributed by atoms with E-state index in [4.69, 9.17) is 22.9 Å². The van der Waals surface area contributed by atoms with Crippen molar-refractivity contribution in [1.29, 1.82) is 0 Å². The number of nitrogens with one attached hydrogen (secondary N) is 1. The van der Waals surface area contributed by atoms with Crippen LogP contribution in [0.3, 0.4) is 0 Å². The molecule has 0 saturated carbocycles. The quantitative estimate of drug-likeness (QED) is 0.159. The van der Waals surface area contributed by atoms with Crippen LogP contribution in [0.5, 0.6) is 0 Å². The van der Waals surface area contributed by atoms with E-state index in [1.54, 1.807) is 0 Å². The number of nitrogens with zero attached hydrogens (tertiary/aromatic N) is 3. The first-order valence-electron chi connectivity index (χ1n) is 11.2. The molecule has 0 aromatic rings. The van der Waals surface area contributed by atoms with Gasteiger partial charge in [-0.15, -0.1) is 0 Å². The zero-order valence-corrected chi connectivity index (χ0v) is 18.7. The normalized spacial score (nSPS) is 13.2. The van der Waals surface area contributed by atoms with Crippen LogP contribution in [0.15, 0.2) is 0 Å². The molecule has 170 valence electrons. The van der Waals surface area contributed by atoms with Crippen molar-refractivity contribution < 1.29 is 0 Å². The van der Waals surface area contributed by atoms with Crippen LogP contribution >= 0.6 is 0 Å². The third-order valence-corrected chi connectivity index (χ3v) is 4.99. The van der Waals surface area contributed by atoms with Crippen molar-refractivity contribution in [2.75, 3.05) is 86.2 Å². The second kappa shape index (κ2) is 20.0. The molecule has 0 fully saturated rings. The Hall–Kier alpha value is -0.320. The maximum Gasteiger partial charge on any atom is 0.0475 e. The highest BCUT2D eigenvalue weighted by atomic mass is 15.2. The fraction of sp³-hybridized carbons (Fsp3) is 1.00. The van der Waals surface area contributed by atoms with E-state index in [1.165, 1.54) is 12.8 Å². The fourth-order valence-corrected chi connectivity index (χ4v) is 3.45. The number of rotatable bonds is 21. The summed E-state index contributed by atoms with van der Waals surface area (Å²) in [5.74, 6) is 0. The zero-order valence-electron chi connectivity index (χ0n) is 18.7. The van der Waals surface area contributed by atoms with E-state index in [2.05, 4.69) is 34.1 Å². The summed E-state index contributed by atoms with van der Waals surface area (Å²) in [6.07, 6.45) is 6.54. The Bertz CT molecular complexity index is 301. The minimum absolute atomic E-state index is 0.518. The van der Waals surface area contributed by atoms with Gasteiger partial charge in [-0.25, -0.2) is 0 Å². The van der Waals surface area contributed by atoms with Crippen molar-refractivity contribution in [3.05, 3.63) is 0 Å². The molecule has 1 atom stereocenters. The van der Waals surface area contributed by atoms with E-state index in [0.29, 0.717) is 6.04 Å². The summed E-state index contributed by atoms with van der Waals surface area (Å²) in [6.45, 7) is 10.2. The molecule has 8 nitrogen and oxygen atoms in total. The zero-order chi connectivity index (χ0) is 21.0. The van der Waals surface area contributed by atoms with E-state index in [-0.39, 0.29) is 0 Å². The summed E-state index contributed by atoms with van der Waals surface area (Å²) in [7, 11) is 4.19. The van der Waals surface area contributed by atoms with Crippen LogP contribution in [0.4, 0.5) is 0 Å². The molecule has 0 saturated heterocycles. The Kier molecular flexibility index (Phi) is 19.7. The molecular weight excluding hydrogens is 352 g/mol. The molecule has 9 N–H and O–H groups in total. The van der Waals surface area contributed by atoms with Crippen molar-refractivity contribution in [1.82, 2.24) is 20.0 Å². The van der Waals surface area contributed by atoms with E-state index < -0.39 is 0 Å². The van der Waals surface area contributed by atoms with E-state index >= 15 is 0 Å². The summed E-state index contributed by atoms with van der Waals surface area (Å²) < 4.78 is 0. The number of hydrogen-bond acceptors (Lipinski definition) is 8. The summed E-state index contributed by atoms with van der Waals surface area (Å²) >= 11 is 0. The Morgan fingerprint density at radius 1 is 0.679 bits per heavy atom. The SMILES string of the molecule is CN(C)CNCC(CCCN(CCCN)CCCN)N(CCCN)CCCN. The molecule has 0 heterocycles. The monoisotopic (exact) mass is 402 g/mol. The number of hydrogen-bond donors (Lipinski definition) is 5. The van der Waals surface area contributed by atoms with Crippen molar-refractivity contribution >= 4 is 0 Å². The molecular formula is C20H50N8. The minimum Gasteiger partial charge on any atom is -0.330 e. The van der Waals surface area contributed by atoms with Crippen LogP contribution in [0.1, 0.15) is 38.5 Å². The summed E-state index contributed by atoms with van der Waals surface area (Å²) in [6, 6.07) is 0.518. The standard InChI is InChI=1S/C20H50N8/c1-26(2)19-25-18-20(28(16-6-11-23)17-7-12-24)8-3-13-27(14-4-9-21)15-5-10-22/h20,25H,3-19,21-24H2,1-2H3. The Morgan fingerprint density at radius 3 is 1.61 bits per heavy atom. The summed E-state index contributed by atoms with van der Waals surface area (Å²) in [4.78, 5) is 7.28. The molecule has 0 aliphatic carbocycles. The van der Waals surface area contributed by atoms with Gasteiger partial charge in [0, 0.05) is 19.3 Å². The lowest BCUT2D eigenvalue weighted by Crippen LogP contribution is -2.46. The van der Waals surface area contributed by atoms with Crippen molar-refractivity contribution in [2.24, 2.45) is 22.9 Å². The van der Waals surface area contributed by atoms with Gasteiger partial charge in [0.25, 0.3) is 0 Å². The fourth-order valence-electron chi connectivity index (χ4n) is 3.45. The Balaban J connectivity index is 4.70. The van der Waals surface area contributed by atoms with Gasteiger partial charge in [0.15, 0.2) is 0 Å². The molecule has 0 aliphatic rings. The first-order chi connectivity index (χ1) is 13.6. The van der Waals surface area contributed by atoms with Gasteiger partial charge in [0.05, 0.1) is 0 Å². The minimum atomic E-state index is 0.518. The highest BCUT2D eigenvalue weighted by molar-refractivity contribution is 4.76. The van der Waals surface area contributed by atoms with Crippen LogP contribution in [-0.4, -0.2) is 107 Å². The highest BCUT2D eigenvalue weighted by Crippen LogP contribution is 2.10. The average molecular weight is 403 g/mol. The van der Waals surface area contributed by atoms with Crippen LogP contribution in [0, 0.1) is 0 Å². The third kappa shape index (κ3) is 15.6. The molecule has 28 heavy (non-hydrogen) atoms. The first-order valence-corrected chi connectivity index (χ1v) is 11.2. The van der Waals surface area contributed by atoms with Crippen molar-refractivity contribution in [2.45, 2.75) is 44.6 Å². The largest absolute Gasteiger partial charge is 0.330 e. The van der Waals surface area contributed by atoms with Gasteiger partial charge in [-0.05, 0) is 112 Å². The van der Waals surface area contributed by atoms with Crippen molar-refractivity contribution in [3.8, 4) is 0 Å². The number of nitrogens with two attached hydrogens (primary N) is 4. The molecule has 0 rings (SSSR count). The molecule has 0 aliphatic heterocycles. The second-order valence-electron chi connectivity index (χ2n) is 7.93. The molecule has 1 unspecified atom stereocenters. The van der Waals surface area contributed by atoms with Gasteiger partial charge in [-0.1, -0.05) is 0 Å². The highest BCUT2D eigenvalue weighted by Gasteiger charge is 2.18. The topological polar surface area (TPSA) is 126 Å². The second-order valence-corrected chi connectivity index (χ2v) is 7.93. The van der Waals surface area contributed by atoms with Gasteiger partial charge in [-0.2, -0.15) is 0 Å². The first kappa shape index (κ1) is 27.7. The van der Waals surface area contributed by atoms with Crippen LogP contribution in [-0.2, 0) is 0 Å². The predicted octanol–water partition coefficient (Wildman–Crippen LogP) is -0.757. The summed E-state index contributed by atoms with van der Waals surface area (Å²) in [5.41, 5.74) is 23.0. The van der Waals surface area contributed by atoms with Gasteiger partial charge < -0.3 is 33.2 Å². The molecule has 0 spiro atoms. The third-order valence-electron chi connectivity index (χ3n) is 4.99. The maximum atomic E-state index is 5.78. The van der Waals surface area contributed by atoms with Gasteiger partial charge in [0.2, 0.25) is 0 Å². The summed E-state index contributed by atoms with van der Waals surface area (Å²) in [5, 5.41) is 3.60. The van der Waals surface area contributed by atoms with Crippen LogP contribution in [0.2, 0.25) is 0 Å². The van der Waals surface area contributed by atoms with E-state index in [1.807, 2.05) is 0 Å². The Labute approximate surface area is 174 Å². The molecule has 0 aromatic heterocycles. The lowest BCUT2D eigenvalue weighted by atomic mass is 10.1. The molecule has 8 heteroatoms. The van der Waals surface area contributed by atoms with E-state index in [9.17, 15) is 0 Å². The lowest BCUT2D eigenvalue weighted by molar-refractivity contribution is 0.164. The maximum absolute atomic E-state index is 5.78. The Morgan fingerprint density at radius 2 is 1.14 bits per heavy atom. The van der Waals surface area contributed by atoms with Crippen LogP contribution < -0.4 is 28.3 Å². The van der Waals surface area contributed by atoms with Gasteiger partial charge in [-0.3, -0.25) is 9.80 Å². The van der Waals surface area contributed by atoms with Crippen LogP contribution in [0.25, 0.3) is 0 Å². The average Bonchev–Trinajstić information content (AvgIpc) is 2.68. The molecule has 0 aromatic carbocycles. The predicted molar refractivity (Wildman–Crippen MR) is 122 cm³/mol. The smallest absolute Gasteiger partial charge is 0.0475 e. The van der Waals surface area contributed by atoms with Gasteiger partial charge in [0.1, 0.15) is 0 Å². The van der Waals surface area contributed by atoms with Gasteiger partial charge >= 0.3 is 0 Å². The van der Waals surface area contributed by atoms with Crippen molar-refractivity contribution in [3.63, 3.8) is 0 Å².